The van der Waals surface area contributed by atoms with Gasteiger partial charge < -0.3 is 10.1 Å². The first-order valence-corrected chi connectivity index (χ1v) is 8.16. The molecule has 114 valence electrons. The van der Waals surface area contributed by atoms with Crippen molar-refractivity contribution in [1.82, 2.24) is 5.32 Å². The minimum absolute atomic E-state index is 0.0359. The van der Waals surface area contributed by atoms with Crippen molar-refractivity contribution in [2.24, 2.45) is 0 Å². The number of alkyl halides is 2. The SMILES string of the molecule is CCNC(c1cccc(OC(F)F)c1)c1cc(Br)c(C)s1. The van der Waals surface area contributed by atoms with E-state index in [0.717, 1.165) is 21.5 Å². The Bertz CT molecular complexity index is 584. The van der Waals surface area contributed by atoms with Crippen molar-refractivity contribution >= 4 is 27.3 Å². The molecular formula is C15H16BrF2NOS. The van der Waals surface area contributed by atoms with Crippen LogP contribution in [0.4, 0.5) is 8.78 Å². The summed E-state index contributed by atoms with van der Waals surface area (Å²) in [6.07, 6.45) is 0. The molecule has 6 heteroatoms. The number of hydrogen-bond donors (Lipinski definition) is 1. The van der Waals surface area contributed by atoms with Crippen molar-refractivity contribution in [2.75, 3.05) is 6.54 Å². The molecule has 0 saturated carbocycles. The molecule has 0 amide bonds. The molecule has 1 heterocycles. The molecule has 2 rings (SSSR count). The molecule has 21 heavy (non-hydrogen) atoms. The van der Waals surface area contributed by atoms with Crippen LogP contribution in [0.15, 0.2) is 34.8 Å². The van der Waals surface area contributed by atoms with Crippen LogP contribution in [0, 0.1) is 6.92 Å². The number of nitrogens with one attached hydrogen (secondary N) is 1. The van der Waals surface area contributed by atoms with E-state index >= 15 is 0 Å². The predicted octanol–water partition coefficient (Wildman–Crippen LogP) is 5.12. The third kappa shape index (κ3) is 4.25. The second-order valence-electron chi connectivity index (χ2n) is 4.49. The van der Waals surface area contributed by atoms with E-state index in [9.17, 15) is 8.78 Å². The Morgan fingerprint density at radius 3 is 2.67 bits per heavy atom. The highest BCUT2D eigenvalue weighted by Crippen LogP contribution is 2.34. The summed E-state index contributed by atoms with van der Waals surface area (Å²) >= 11 is 5.19. The van der Waals surface area contributed by atoms with Crippen molar-refractivity contribution in [3.8, 4) is 5.75 Å². The number of thiophene rings is 1. The van der Waals surface area contributed by atoms with Crippen LogP contribution in [-0.2, 0) is 0 Å². The van der Waals surface area contributed by atoms with Gasteiger partial charge in [0, 0.05) is 14.2 Å². The minimum Gasteiger partial charge on any atom is -0.435 e. The maximum Gasteiger partial charge on any atom is 0.387 e. The summed E-state index contributed by atoms with van der Waals surface area (Å²) in [5, 5.41) is 3.38. The Labute approximate surface area is 135 Å². The Balaban J connectivity index is 2.33. The molecule has 1 aromatic carbocycles. The van der Waals surface area contributed by atoms with Crippen molar-refractivity contribution in [2.45, 2.75) is 26.5 Å². The fraction of sp³-hybridized carbons (Fsp3) is 0.333. The smallest absolute Gasteiger partial charge is 0.387 e. The van der Waals surface area contributed by atoms with Gasteiger partial charge in [-0.1, -0.05) is 19.1 Å². The monoisotopic (exact) mass is 375 g/mol. The molecule has 0 aliphatic carbocycles. The average molecular weight is 376 g/mol. The molecule has 1 unspecified atom stereocenters. The highest BCUT2D eigenvalue weighted by molar-refractivity contribution is 9.10. The highest BCUT2D eigenvalue weighted by Gasteiger charge is 2.17. The molecular weight excluding hydrogens is 360 g/mol. The van der Waals surface area contributed by atoms with Gasteiger partial charge in [-0.2, -0.15) is 8.78 Å². The van der Waals surface area contributed by atoms with E-state index in [-0.39, 0.29) is 11.8 Å². The van der Waals surface area contributed by atoms with Crippen LogP contribution in [0.2, 0.25) is 0 Å². The van der Waals surface area contributed by atoms with Gasteiger partial charge in [0.05, 0.1) is 6.04 Å². The van der Waals surface area contributed by atoms with E-state index in [1.165, 1.54) is 10.9 Å². The molecule has 0 saturated heterocycles. The summed E-state index contributed by atoms with van der Waals surface area (Å²) in [5.74, 6) is 0.178. The number of ether oxygens (including phenoxy) is 1. The lowest BCUT2D eigenvalue weighted by molar-refractivity contribution is -0.0498. The second kappa shape index (κ2) is 7.33. The maximum atomic E-state index is 12.3. The number of aryl methyl sites for hydroxylation is 1. The van der Waals surface area contributed by atoms with E-state index in [1.54, 1.807) is 23.5 Å². The summed E-state index contributed by atoms with van der Waals surface area (Å²) in [6, 6.07) is 8.86. The van der Waals surface area contributed by atoms with Gasteiger partial charge in [-0.3, -0.25) is 0 Å². The molecule has 0 aliphatic heterocycles. The van der Waals surface area contributed by atoms with Crippen molar-refractivity contribution < 1.29 is 13.5 Å². The van der Waals surface area contributed by atoms with Gasteiger partial charge in [0.1, 0.15) is 5.75 Å². The van der Waals surface area contributed by atoms with E-state index in [1.807, 2.05) is 19.9 Å². The molecule has 0 spiro atoms. The van der Waals surface area contributed by atoms with Crippen LogP contribution in [-0.4, -0.2) is 13.2 Å². The van der Waals surface area contributed by atoms with Crippen molar-refractivity contribution in [1.29, 1.82) is 0 Å². The third-order valence-corrected chi connectivity index (χ3v) is 5.19. The molecule has 0 fully saturated rings. The molecule has 1 atom stereocenters. The summed E-state index contributed by atoms with van der Waals surface area (Å²) in [5.41, 5.74) is 0.906. The van der Waals surface area contributed by atoms with Crippen LogP contribution in [0.3, 0.4) is 0 Å². The molecule has 2 nitrogen and oxygen atoms in total. The zero-order chi connectivity index (χ0) is 15.4. The molecule has 2 aromatic rings. The highest BCUT2D eigenvalue weighted by atomic mass is 79.9. The summed E-state index contributed by atoms with van der Waals surface area (Å²) < 4.78 is 30.2. The topological polar surface area (TPSA) is 21.3 Å². The first kappa shape index (κ1) is 16.4. The fourth-order valence-electron chi connectivity index (χ4n) is 2.08. The van der Waals surface area contributed by atoms with Gasteiger partial charge in [0.2, 0.25) is 0 Å². The first-order valence-electron chi connectivity index (χ1n) is 6.55. The molecule has 0 bridgehead atoms. The summed E-state index contributed by atoms with van der Waals surface area (Å²) in [6.45, 7) is 2.02. The van der Waals surface area contributed by atoms with Crippen LogP contribution in [0.5, 0.6) is 5.75 Å². The first-order chi connectivity index (χ1) is 10.0. The average Bonchev–Trinajstić information content (AvgIpc) is 2.75. The lowest BCUT2D eigenvalue weighted by atomic mass is 10.0. The normalized spacial score (nSPS) is 12.7. The summed E-state index contributed by atoms with van der Waals surface area (Å²) in [7, 11) is 0. The van der Waals surface area contributed by atoms with Crippen LogP contribution in [0.25, 0.3) is 0 Å². The van der Waals surface area contributed by atoms with Gasteiger partial charge in [-0.25, -0.2) is 0 Å². The Morgan fingerprint density at radius 2 is 2.10 bits per heavy atom. The Hall–Kier alpha value is -0.980. The third-order valence-electron chi connectivity index (χ3n) is 2.99. The number of hydrogen-bond acceptors (Lipinski definition) is 3. The number of halogens is 3. The summed E-state index contributed by atoms with van der Waals surface area (Å²) in [4.78, 5) is 2.32. The zero-order valence-electron chi connectivity index (χ0n) is 11.7. The minimum atomic E-state index is -2.81. The number of rotatable bonds is 6. The van der Waals surface area contributed by atoms with E-state index in [0.29, 0.717) is 0 Å². The van der Waals surface area contributed by atoms with Gasteiger partial charge in [0.25, 0.3) is 0 Å². The van der Waals surface area contributed by atoms with Gasteiger partial charge >= 0.3 is 6.61 Å². The zero-order valence-corrected chi connectivity index (χ0v) is 14.1. The van der Waals surface area contributed by atoms with Crippen LogP contribution in [0.1, 0.15) is 28.3 Å². The van der Waals surface area contributed by atoms with Crippen molar-refractivity contribution in [3.63, 3.8) is 0 Å². The van der Waals surface area contributed by atoms with E-state index in [2.05, 4.69) is 32.0 Å². The Kier molecular flexibility index (Phi) is 5.72. The Morgan fingerprint density at radius 1 is 1.33 bits per heavy atom. The maximum absolute atomic E-state index is 12.3. The molecule has 0 radical (unpaired) electrons. The molecule has 0 aliphatic rings. The van der Waals surface area contributed by atoms with E-state index in [4.69, 9.17) is 0 Å². The lowest BCUT2D eigenvalue weighted by Gasteiger charge is -2.18. The van der Waals surface area contributed by atoms with Gasteiger partial charge in [-0.05, 0) is 53.2 Å². The van der Waals surface area contributed by atoms with Crippen molar-refractivity contribution in [3.05, 3.63) is 50.1 Å². The van der Waals surface area contributed by atoms with Gasteiger partial charge in [0.15, 0.2) is 0 Å². The largest absolute Gasteiger partial charge is 0.435 e. The van der Waals surface area contributed by atoms with Crippen LogP contribution >= 0.6 is 27.3 Å². The number of benzene rings is 1. The molecule has 1 aromatic heterocycles. The quantitative estimate of drug-likeness (QED) is 0.756. The lowest BCUT2D eigenvalue weighted by Crippen LogP contribution is -2.21. The van der Waals surface area contributed by atoms with Gasteiger partial charge in [-0.15, -0.1) is 11.3 Å². The fourth-order valence-corrected chi connectivity index (χ4v) is 3.75. The van der Waals surface area contributed by atoms with Crippen LogP contribution < -0.4 is 10.1 Å². The van der Waals surface area contributed by atoms with E-state index < -0.39 is 6.61 Å². The predicted molar refractivity (Wildman–Crippen MR) is 85.3 cm³/mol. The second-order valence-corrected chi connectivity index (χ2v) is 6.64. The molecule has 1 N–H and O–H groups in total. The standard InChI is InChI=1S/C15H16BrF2NOS/c1-3-19-14(13-8-12(16)9(2)21-13)10-5-4-6-11(7-10)20-15(17)18/h4-8,14-15,19H,3H2,1-2H3.